The van der Waals surface area contributed by atoms with Crippen LogP contribution in [-0.4, -0.2) is 55.6 Å². The van der Waals surface area contributed by atoms with Crippen molar-refractivity contribution < 1.29 is 27.9 Å². The van der Waals surface area contributed by atoms with E-state index in [4.69, 9.17) is 4.74 Å². The molecule has 3 rings (SSSR count). The van der Waals surface area contributed by atoms with E-state index in [9.17, 15) is 23.1 Å². The molecule has 1 heterocycles. The van der Waals surface area contributed by atoms with Crippen LogP contribution in [0.5, 0.6) is 11.5 Å². The third-order valence-electron chi connectivity index (χ3n) is 5.56. The number of sulfonamides is 1. The van der Waals surface area contributed by atoms with E-state index in [1.165, 1.54) is 24.3 Å². The fourth-order valence-electron chi connectivity index (χ4n) is 3.63. The first-order chi connectivity index (χ1) is 18.6. The van der Waals surface area contributed by atoms with Crippen molar-refractivity contribution in [1.29, 1.82) is 0 Å². The predicted octanol–water partition coefficient (Wildman–Crippen LogP) is 2.40. The number of amides is 2. The summed E-state index contributed by atoms with van der Waals surface area (Å²) in [6.45, 7) is 3.34. The average molecular weight is 555 g/mol. The number of aliphatic hydroxyl groups is 1. The average Bonchev–Trinajstić information content (AvgIpc) is 2.91. The molecule has 2 amide bonds. The molecule has 3 aromatic rings. The first kappa shape index (κ1) is 29.8. The largest absolute Gasteiger partial charge is 0.457 e. The fraction of sp³-hybridized carbons (Fsp3) is 0.321. The number of carbonyl (C=O) groups is 2. The van der Waals surface area contributed by atoms with E-state index < -0.39 is 28.1 Å². The topological polar surface area (TPSA) is 147 Å². The van der Waals surface area contributed by atoms with E-state index in [1.54, 1.807) is 36.5 Å². The Labute approximate surface area is 228 Å². The highest BCUT2D eigenvalue weighted by Crippen LogP contribution is 2.22. The van der Waals surface area contributed by atoms with E-state index in [0.29, 0.717) is 23.6 Å². The van der Waals surface area contributed by atoms with Gasteiger partial charge in [-0.05, 0) is 60.9 Å². The number of para-hydroxylation sites is 1. The summed E-state index contributed by atoms with van der Waals surface area (Å²) in [7, 11) is -3.90. The number of hydrogen-bond donors (Lipinski definition) is 4. The van der Waals surface area contributed by atoms with E-state index in [1.807, 2.05) is 32.0 Å². The van der Waals surface area contributed by atoms with Crippen LogP contribution in [-0.2, 0) is 26.0 Å². The highest BCUT2D eigenvalue weighted by atomic mass is 32.2. The molecule has 0 saturated carbocycles. The summed E-state index contributed by atoms with van der Waals surface area (Å²) in [5.74, 6) is 0.417. The van der Waals surface area contributed by atoms with Gasteiger partial charge in [0.2, 0.25) is 21.8 Å². The number of nitrogens with one attached hydrogen (secondary N) is 3. The molecule has 1 unspecified atom stereocenters. The van der Waals surface area contributed by atoms with Crippen LogP contribution in [0.15, 0.2) is 83.9 Å². The number of hydrogen-bond acceptors (Lipinski definition) is 7. The van der Waals surface area contributed by atoms with Crippen molar-refractivity contribution in [2.24, 2.45) is 5.92 Å². The summed E-state index contributed by atoms with van der Waals surface area (Å²) in [6.07, 6.45) is 0.832. The number of ether oxygens (including phenoxy) is 1. The Morgan fingerprint density at radius 1 is 0.923 bits per heavy atom. The molecule has 0 aliphatic heterocycles. The van der Waals surface area contributed by atoms with E-state index in [0.717, 1.165) is 0 Å². The highest BCUT2D eigenvalue weighted by Gasteiger charge is 2.23. The lowest BCUT2D eigenvalue weighted by Gasteiger charge is -2.21. The summed E-state index contributed by atoms with van der Waals surface area (Å²) < 4.78 is 33.3. The van der Waals surface area contributed by atoms with Gasteiger partial charge in [-0.1, -0.05) is 38.1 Å². The Morgan fingerprint density at radius 2 is 1.59 bits per heavy atom. The third-order valence-corrected chi connectivity index (χ3v) is 7.00. The molecule has 1 aromatic heterocycles. The zero-order valence-corrected chi connectivity index (χ0v) is 22.7. The van der Waals surface area contributed by atoms with E-state index >= 15 is 0 Å². The van der Waals surface area contributed by atoms with E-state index in [2.05, 4.69) is 20.3 Å². The van der Waals surface area contributed by atoms with Crippen LogP contribution in [0.3, 0.4) is 0 Å². The monoisotopic (exact) mass is 554 g/mol. The minimum Gasteiger partial charge on any atom is -0.457 e. The number of rotatable bonds is 14. The fourth-order valence-corrected chi connectivity index (χ4v) is 4.70. The van der Waals surface area contributed by atoms with Crippen molar-refractivity contribution in [3.05, 3.63) is 84.7 Å². The summed E-state index contributed by atoms with van der Waals surface area (Å²) in [5.41, 5.74) is 0.583. The zero-order valence-electron chi connectivity index (χ0n) is 21.9. The maximum atomic E-state index is 12.8. The SMILES string of the molecule is CC(C)C[C@H](NC(=O)Cc1ccccn1)C(=O)NCC(O)CNS(=O)(=O)c1ccc(Oc2ccccc2)cc1. The zero-order chi connectivity index (χ0) is 28.3. The van der Waals surface area contributed by atoms with Crippen molar-refractivity contribution >= 4 is 21.8 Å². The Balaban J connectivity index is 1.48. The molecule has 0 saturated heterocycles. The van der Waals surface area contributed by atoms with Crippen LogP contribution in [0.25, 0.3) is 0 Å². The highest BCUT2D eigenvalue weighted by molar-refractivity contribution is 7.89. The van der Waals surface area contributed by atoms with Crippen molar-refractivity contribution in [2.45, 2.75) is 43.7 Å². The number of aromatic nitrogens is 1. The van der Waals surface area contributed by atoms with Gasteiger partial charge < -0.3 is 20.5 Å². The number of nitrogens with zero attached hydrogens (tertiary/aromatic N) is 1. The summed E-state index contributed by atoms with van der Waals surface area (Å²) in [4.78, 5) is 29.3. The third kappa shape index (κ3) is 10.1. The molecule has 10 nitrogen and oxygen atoms in total. The van der Waals surface area contributed by atoms with Crippen LogP contribution in [0, 0.1) is 5.92 Å². The van der Waals surface area contributed by atoms with Crippen molar-refractivity contribution in [3.8, 4) is 11.5 Å². The standard InChI is InChI=1S/C28H34N4O6S/c1-20(2)16-26(32-27(34)17-21-8-6-7-15-29-21)28(35)30-18-22(33)19-31-39(36,37)25-13-11-24(12-14-25)38-23-9-4-3-5-10-23/h3-15,20,22,26,31,33H,16-19H2,1-2H3,(H,30,35)(H,32,34)/t22?,26-/m0/s1. The lowest BCUT2D eigenvalue weighted by molar-refractivity contribution is -0.129. The smallest absolute Gasteiger partial charge is 0.242 e. The molecule has 0 aliphatic carbocycles. The minimum absolute atomic E-state index is 0.00626. The van der Waals surface area contributed by atoms with Gasteiger partial charge >= 0.3 is 0 Å². The molecule has 0 bridgehead atoms. The second-order valence-electron chi connectivity index (χ2n) is 9.38. The molecule has 39 heavy (non-hydrogen) atoms. The molecule has 208 valence electrons. The Morgan fingerprint density at radius 3 is 2.23 bits per heavy atom. The molecule has 4 N–H and O–H groups in total. The second-order valence-corrected chi connectivity index (χ2v) is 11.2. The van der Waals surface area contributed by atoms with Crippen LogP contribution in [0.4, 0.5) is 0 Å². The van der Waals surface area contributed by atoms with Crippen molar-refractivity contribution in [1.82, 2.24) is 20.3 Å². The van der Waals surface area contributed by atoms with Gasteiger partial charge in [0.15, 0.2) is 0 Å². The second kappa shape index (κ2) is 14.4. The molecule has 0 spiro atoms. The maximum Gasteiger partial charge on any atom is 0.242 e. The van der Waals surface area contributed by atoms with Crippen LogP contribution in [0.2, 0.25) is 0 Å². The summed E-state index contributed by atoms with van der Waals surface area (Å²) in [6, 6.07) is 19.4. The first-order valence-electron chi connectivity index (χ1n) is 12.6. The maximum absolute atomic E-state index is 12.8. The quantitative estimate of drug-likeness (QED) is 0.239. The lowest BCUT2D eigenvalue weighted by Crippen LogP contribution is -2.50. The summed E-state index contributed by atoms with van der Waals surface area (Å²) in [5, 5.41) is 15.6. The molecular formula is C28H34N4O6S. The lowest BCUT2D eigenvalue weighted by atomic mass is 10.0. The van der Waals surface area contributed by atoms with Crippen molar-refractivity contribution in [2.75, 3.05) is 13.1 Å². The molecule has 0 aliphatic rings. The van der Waals surface area contributed by atoms with Gasteiger partial charge in [0, 0.05) is 25.0 Å². The first-order valence-corrected chi connectivity index (χ1v) is 14.1. The van der Waals surface area contributed by atoms with Gasteiger partial charge in [0.05, 0.1) is 17.4 Å². The van der Waals surface area contributed by atoms with Gasteiger partial charge in [0.25, 0.3) is 0 Å². The van der Waals surface area contributed by atoms with E-state index in [-0.39, 0.29) is 36.2 Å². The van der Waals surface area contributed by atoms with Gasteiger partial charge in [-0.3, -0.25) is 14.6 Å². The van der Waals surface area contributed by atoms with Gasteiger partial charge in [-0.15, -0.1) is 0 Å². The Bertz CT molecular complexity index is 1300. The number of pyridine rings is 1. The van der Waals surface area contributed by atoms with Gasteiger partial charge in [-0.2, -0.15) is 0 Å². The number of aliphatic hydroxyl groups excluding tert-OH is 1. The summed E-state index contributed by atoms with van der Waals surface area (Å²) >= 11 is 0. The Kier molecular flexibility index (Phi) is 11.0. The Hall–Kier alpha value is -3.80. The van der Waals surface area contributed by atoms with Gasteiger partial charge in [-0.25, -0.2) is 13.1 Å². The van der Waals surface area contributed by atoms with Crippen LogP contribution < -0.4 is 20.1 Å². The molecule has 2 aromatic carbocycles. The van der Waals surface area contributed by atoms with Crippen molar-refractivity contribution in [3.63, 3.8) is 0 Å². The molecular weight excluding hydrogens is 520 g/mol. The molecule has 0 fully saturated rings. The number of carbonyl (C=O) groups excluding carboxylic acids is 2. The minimum atomic E-state index is -3.90. The predicted molar refractivity (Wildman–Crippen MR) is 146 cm³/mol. The molecule has 2 atom stereocenters. The number of benzene rings is 2. The van der Waals surface area contributed by atoms with Crippen LogP contribution >= 0.6 is 0 Å². The normalized spacial score (nSPS) is 12.9. The molecule has 0 radical (unpaired) electrons. The van der Waals surface area contributed by atoms with Gasteiger partial charge in [0.1, 0.15) is 17.5 Å². The molecule has 11 heteroatoms. The van der Waals surface area contributed by atoms with Crippen LogP contribution in [0.1, 0.15) is 26.0 Å².